The van der Waals surface area contributed by atoms with Gasteiger partial charge in [0.05, 0.1) is 26.4 Å². The molecule has 0 spiro atoms. The SMILES string of the molecule is CCCOCCOCCOS(=O)(=O)O. The highest BCUT2D eigenvalue weighted by Gasteiger charge is 2.02. The van der Waals surface area contributed by atoms with Gasteiger partial charge >= 0.3 is 10.4 Å². The molecule has 0 amide bonds. The third-order valence-corrected chi connectivity index (χ3v) is 1.64. The van der Waals surface area contributed by atoms with Crippen LogP contribution in [-0.4, -0.2) is 46.0 Å². The first-order valence-corrected chi connectivity index (χ1v) is 5.70. The second kappa shape index (κ2) is 8.13. The fraction of sp³-hybridized carbons (Fsp3) is 1.00. The molecule has 0 fully saturated rings. The summed E-state index contributed by atoms with van der Waals surface area (Å²) in [6.45, 7) is 3.46. The zero-order chi connectivity index (χ0) is 10.9. The van der Waals surface area contributed by atoms with Crippen LogP contribution in [0.3, 0.4) is 0 Å². The molecule has 0 aliphatic heterocycles. The Hall–Kier alpha value is -0.210. The summed E-state index contributed by atoms with van der Waals surface area (Å²) in [5.74, 6) is 0. The fourth-order valence-corrected chi connectivity index (χ4v) is 0.943. The van der Waals surface area contributed by atoms with Crippen LogP contribution < -0.4 is 0 Å². The molecule has 0 aromatic heterocycles. The van der Waals surface area contributed by atoms with Gasteiger partial charge in [0.2, 0.25) is 0 Å². The molecule has 14 heavy (non-hydrogen) atoms. The molecule has 0 saturated heterocycles. The normalized spacial score (nSPS) is 11.9. The molecule has 0 aliphatic carbocycles. The first-order chi connectivity index (χ1) is 6.56. The standard InChI is InChI=1S/C7H16O6S/c1-2-3-11-4-5-12-6-7-13-14(8,9)10/h2-7H2,1H3,(H,8,9,10). The molecule has 0 aliphatic rings. The first-order valence-electron chi connectivity index (χ1n) is 4.33. The summed E-state index contributed by atoms with van der Waals surface area (Å²) in [7, 11) is -4.34. The first kappa shape index (κ1) is 13.8. The Labute approximate surface area is 84.1 Å². The van der Waals surface area contributed by atoms with Gasteiger partial charge in [0, 0.05) is 6.61 Å². The summed E-state index contributed by atoms with van der Waals surface area (Å²) >= 11 is 0. The lowest BCUT2D eigenvalue weighted by Crippen LogP contribution is -2.12. The number of rotatable bonds is 9. The van der Waals surface area contributed by atoms with Gasteiger partial charge in [-0.05, 0) is 6.42 Å². The molecule has 7 heteroatoms. The van der Waals surface area contributed by atoms with Crippen LogP contribution in [0.2, 0.25) is 0 Å². The molecule has 0 bridgehead atoms. The minimum Gasteiger partial charge on any atom is -0.379 e. The van der Waals surface area contributed by atoms with Crippen LogP contribution in [-0.2, 0) is 24.1 Å². The third-order valence-electron chi connectivity index (χ3n) is 1.18. The molecule has 0 radical (unpaired) electrons. The monoisotopic (exact) mass is 228 g/mol. The lowest BCUT2D eigenvalue weighted by Gasteiger charge is -2.04. The number of ether oxygens (including phenoxy) is 2. The van der Waals surface area contributed by atoms with Gasteiger partial charge in [0.25, 0.3) is 0 Å². The van der Waals surface area contributed by atoms with Crippen molar-refractivity contribution in [2.75, 3.05) is 33.0 Å². The van der Waals surface area contributed by atoms with Crippen LogP contribution in [0.25, 0.3) is 0 Å². The molecule has 0 heterocycles. The molecule has 6 nitrogen and oxygen atoms in total. The van der Waals surface area contributed by atoms with E-state index in [4.69, 9.17) is 14.0 Å². The van der Waals surface area contributed by atoms with E-state index in [0.717, 1.165) is 6.42 Å². The van der Waals surface area contributed by atoms with Crippen molar-refractivity contribution in [2.24, 2.45) is 0 Å². The van der Waals surface area contributed by atoms with E-state index in [2.05, 4.69) is 4.18 Å². The molecule has 0 aromatic carbocycles. The van der Waals surface area contributed by atoms with Gasteiger partial charge in [-0.15, -0.1) is 0 Å². The van der Waals surface area contributed by atoms with Crippen LogP contribution in [0.4, 0.5) is 0 Å². The van der Waals surface area contributed by atoms with E-state index in [-0.39, 0.29) is 13.2 Å². The molecule has 0 rings (SSSR count). The van der Waals surface area contributed by atoms with Gasteiger partial charge in [0.15, 0.2) is 0 Å². The highest BCUT2D eigenvalue weighted by molar-refractivity contribution is 7.80. The van der Waals surface area contributed by atoms with Crippen molar-refractivity contribution in [3.8, 4) is 0 Å². The Bertz CT molecular complexity index is 212. The van der Waals surface area contributed by atoms with Crippen LogP contribution in [0.15, 0.2) is 0 Å². The molecule has 1 N–H and O–H groups in total. The van der Waals surface area contributed by atoms with Gasteiger partial charge < -0.3 is 9.47 Å². The van der Waals surface area contributed by atoms with Gasteiger partial charge in [-0.2, -0.15) is 8.42 Å². The summed E-state index contributed by atoms with van der Waals surface area (Å²) in [6, 6.07) is 0. The third kappa shape index (κ3) is 11.8. The van der Waals surface area contributed by atoms with Crippen LogP contribution in [0.5, 0.6) is 0 Å². The Kier molecular flexibility index (Phi) is 8.01. The number of hydrogen-bond acceptors (Lipinski definition) is 5. The average Bonchev–Trinajstić information content (AvgIpc) is 2.08. The average molecular weight is 228 g/mol. The maximum atomic E-state index is 10.1. The van der Waals surface area contributed by atoms with E-state index in [9.17, 15) is 8.42 Å². The fourth-order valence-electron chi connectivity index (χ4n) is 0.665. The van der Waals surface area contributed by atoms with E-state index < -0.39 is 10.4 Å². The van der Waals surface area contributed by atoms with Gasteiger partial charge in [-0.1, -0.05) is 6.92 Å². The topological polar surface area (TPSA) is 82.1 Å². The summed E-state index contributed by atoms with van der Waals surface area (Å²) in [4.78, 5) is 0. The quantitative estimate of drug-likeness (QED) is 0.450. The summed E-state index contributed by atoms with van der Waals surface area (Å²) in [5, 5.41) is 0. The maximum absolute atomic E-state index is 10.1. The molecule has 0 unspecified atom stereocenters. The summed E-state index contributed by atoms with van der Waals surface area (Å²) in [5.41, 5.74) is 0. The summed E-state index contributed by atoms with van der Waals surface area (Å²) in [6.07, 6.45) is 0.950. The van der Waals surface area contributed by atoms with E-state index >= 15 is 0 Å². The second-order valence-electron chi connectivity index (χ2n) is 2.47. The van der Waals surface area contributed by atoms with Crippen LogP contribution >= 0.6 is 0 Å². The Morgan fingerprint density at radius 2 is 1.50 bits per heavy atom. The maximum Gasteiger partial charge on any atom is 0.397 e. The van der Waals surface area contributed by atoms with Gasteiger partial charge in [0.1, 0.15) is 0 Å². The minimum absolute atomic E-state index is 0.106. The largest absolute Gasteiger partial charge is 0.397 e. The van der Waals surface area contributed by atoms with Crippen molar-refractivity contribution in [2.45, 2.75) is 13.3 Å². The lowest BCUT2D eigenvalue weighted by molar-refractivity contribution is 0.0360. The Balaban J connectivity index is 3.07. The van der Waals surface area contributed by atoms with E-state index in [0.29, 0.717) is 19.8 Å². The van der Waals surface area contributed by atoms with Crippen molar-refractivity contribution >= 4 is 10.4 Å². The molecular weight excluding hydrogens is 212 g/mol. The highest BCUT2D eigenvalue weighted by Crippen LogP contribution is 1.86. The second-order valence-corrected chi connectivity index (χ2v) is 3.57. The molecular formula is C7H16O6S. The van der Waals surface area contributed by atoms with E-state index in [1.165, 1.54) is 0 Å². The van der Waals surface area contributed by atoms with Crippen LogP contribution in [0, 0.1) is 0 Å². The lowest BCUT2D eigenvalue weighted by atomic mass is 10.5. The molecule has 0 saturated carbocycles. The van der Waals surface area contributed by atoms with Gasteiger partial charge in [-0.25, -0.2) is 4.18 Å². The van der Waals surface area contributed by atoms with Crippen molar-refractivity contribution in [3.05, 3.63) is 0 Å². The molecule has 0 atom stereocenters. The van der Waals surface area contributed by atoms with E-state index in [1.807, 2.05) is 6.92 Å². The minimum atomic E-state index is -4.34. The molecule has 86 valence electrons. The Morgan fingerprint density at radius 1 is 1.00 bits per heavy atom. The van der Waals surface area contributed by atoms with Crippen LogP contribution in [0.1, 0.15) is 13.3 Å². The van der Waals surface area contributed by atoms with Crippen molar-refractivity contribution < 1.29 is 26.6 Å². The zero-order valence-electron chi connectivity index (χ0n) is 8.14. The number of hydrogen-bond donors (Lipinski definition) is 1. The predicted molar refractivity (Wildman–Crippen MR) is 49.4 cm³/mol. The Morgan fingerprint density at radius 3 is 2.00 bits per heavy atom. The summed E-state index contributed by atoms with van der Waals surface area (Å²) < 4.78 is 42.3. The molecule has 0 aromatic rings. The smallest absolute Gasteiger partial charge is 0.379 e. The van der Waals surface area contributed by atoms with Crippen molar-refractivity contribution in [1.29, 1.82) is 0 Å². The van der Waals surface area contributed by atoms with E-state index in [1.54, 1.807) is 0 Å². The van der Waals surface area contributed by atoms with Crippen molar-refractivity contribution in [3.63, 3.8) is 0 Å². The zero-order valence-corrected chi connectivity index (χ0v) is 8.96. The highest BCUT2D eigenvalue weighted by atomic mass is 32.3. The predicted octanol–water partition coefficient (Wildman–Crippen LogP) is 0.249. The van der Waals surface area contributed by atoms with Gasteiger partial charge in [-0.3, -0.25) is 4.55 Å². The van der Waals surface area contributed by atoms with Crippen molar-refractivity contribution in [1.82, 2.24) is 0 Å².